The van der Waals surface area contributed by atoms with Gasteiger partial charge in [-0.15, -0.1) is 0 Å². The molecule has 0 amide bonds. The molecule has 1 N–H and O–H groups in total. The highest BCUT2D eigenvalue weighted by Gasteiger charge is 2.14. The van der Waals surface area contributed by atoms with Crippen LogP contribution in [-0.2, 0) is 6.42 Å². The van der Waals surface area contributed by atoms with Gasteiger partial charge in [0.15, 0.2) is 0 Å². The predicted molar refractivity (Wildman–Crippen MR) is 97.9 cm³/mol. The molecule has 112 valence electrons. The second-order valence-corrected chi connectivity index (χ2v) is 7.02. The lowest BCUT2D eigenvalue weighted by molar-refractivity contribution is 0.575. The normalized spacial score (nSPS) is 12.3. The fourth-order valence-corrected chi connectivity index (χ4v) is 3.33. The zero-order valence-corrected chi connectivity index (χ0v) is 15.5. The van der Waals surface area contributed by atoms with Crippen molar-refractivity contribution in [2.75, 3.05) is 13.1 Å². The molecule has 2 rings (SSSR count). The van der Waals surface area contributed by atoms with Gasteiger partial charge in [0, 0.05) is 21.4 Å². The van der Waals surface area contributed by atoms with Crippen LogP contribution in [0.25, 0.3) is 0 Å². The Hall–Kier alpha value is -0.640. The van der Waals surface area contributed by atoms with Crippen LogP contribution in [0.1, 0.15) is 30.4 Å². The molecule has 0 saturated carbocycles. The van der Waals surface area contributed by atoms with E-state index in [2.05, 4.69) is 92.6 Å². The van der Waals surface area contributed by atoms with Crippen LogP contribution >= 0.6 is 31.9 Å². The van der Waals surface area contributed by atoms with Gasteiger partial charge in [-0.3, -0.25) is 0 Å². The van der Waals surface area contributed by atoms with Crippen molar-refractivity contribution < 1.29 is 0 Å². The summed E-state index contributed by atoms with van der Waals surface area (Å²) < 4.78 is 2.33. The fraction of sp³-hybridized carbons (Fsp3) is 0.333. The summed E-state index contributed by atoms with van der Waals surface area (Å²) in [6, 6.07) is 17.2. The van der Waals surface area contributed by atoms with E-state index in [0.29, 0.717) is 5.92 Å². The van der Waals surface area contributed by atoms with Gasteiger partial charge in [-0.1, -0.05) is 69.1 Å². The van der Waals surface area contributed by atoms with Gasteiger partial charge in [-0.2, -0.15) is 0 Å². The monoisotopic (exact) mass is 409 g/mol. The quantitative estimate of drug-likeness (QED) is 0.591. The molecule has 0 saturated heterocycles. The van der Waals surface area contributed by atoms with Crippen molar-refractivity contribution in [3.05, 3.63) is 68.6 Å². The first kappa shape index (κ1) is 16.7. The molecule has 1 atom stereocenters. The lowest BCUT2D eigenvalue weighted by Crippen LogP contribution is -2.24. The molecule has 1 unspecified atom stereocenters. The molecule has 0 aliphatic heterocycles. The van der Waals surface area contributed by atoms with Gasteiger partial charge >= 0.3 is 0 Å². The highest BCUT2D eigenvalue weighted by atomic mass is 79.9. The summed E-state index contributed by atoms with van der Waals surface area (Å²) in [5.74, 6) is 0.480. The van der Waals surface area contributed by atoms with Crippen LogP contribution in [0.3, 0.4) is 0 Å². The van der Waals surface area contributed by atoms with E-state index in [-0.39, 0.29) is 0 Å². The van der Waals surface area contributed by atoms with E-state index >= 15 is 0 Å². The van der Waals surface area contributed by atoms with E-state index < -0.39 is 0 Å². The molecule has 0 spiro atoms. The molecular formula is C18H21Br2N. The van der Waals surface area contributed by atoms with Crippen molar-refractivity contribution in [3.63, 3.8) is 0 Å². The molecule has 0 fully saturated rings. The third-order valence-corrected chi connectivity index (χ3v) is 4.81. The SMILES string of the molecule is CCCNCC(Cc1ccc(Br)cc1)c1ccccc1Br. The summed E-state index contributed by atoms with van der Waals surface area (Å²) in [5.41, 5.74) is 2.75. The largest absolute Gasteiger partial charge is 0.316 e. The molecule has 0 heterocycles. The molecule has 0 aromatic heterocycles. The van der Waals surface area contributed by atoms with Crippen LogP contribution in [0.5, 0.6) is 0 Å². The Morgan fingerprint density at radius 1 is 1.00 bits per heavy atom. The molecule has 2 aromatic carbocycles. The molecule has 3 heteroatoms. The second kappa shape index (κ2) is 8.72. The molecule has 0 aliphatic rings. The van der Waals surface area contributed by atoms with E-state index in [9.17, 15) is 0 Å². The van der Waals surface area contributed by atoms with E-state index in [0.717, 1.165) is 24.0 Å². The Balaban J connectivity index is 2.15. The first-order chi connectivity index (χ1) is 10.2. The van der Waals surface area contributed by atoms with Gasteiger partial charge in [0.1, 0.15) is 0 Å². The van der Waals surface area contributed by atoms with Crippen LogP contribution in [0.2, 0.25) is 0 Å². The predicted octanol–water partition coefficient (Wildman–Crippen LogP) is 5.54. The topological polar surface area (TPSA) is 12.0 Å². The summed E-state index contributed by atoms with van der Waals surface area (Å²) in [5, 5.41) is 3.56. The average Bonchev–Trinajstić information content (AvgIpc) is 2.49. The van der Waals surface area contributed by atoms with Gasteiger partial charge in [0.2, 0.25) is 0 Å². The van der Waals surface area contributed by atoms with E-state index in [4.69, 9.17) is 0 Å². The van der Waals surface area contributed by atoms with Crippen LogP contribution in [-0.4, -0.2) is 13.1 Å². The Labute approximate surface area is 144 Å². The average molecular weight is 411 g/mol. The highest BCUT2D eigenvalue weighted by molar-refractivity contribution is 9.10. The van der Waals surface area contributed by atoms with Crippen LogP contribution in [0.15, 0.2) is 57.5 Å². The zero-order valence-electron chi connectivity index (χ0n) is 12.3. The summed E-state index contributed by atoms with van der Waals surface area (Å²) in [4.78, 5) is 0. The van der Waals surface area contributed by atoms with Gasteiger partial charge in [-0.05, 0) is 48.7 Å². The van der Waals surface area contributed by atoms with E-state index in [1.54, 1.807) is 0 Å². The Morgan fingerprint density at radius 2 is 1.71 bits per heavy atom. The first-order valence-corrected chi connectivity index (χ1v) is 8.99. The van der Waals surface area contributed by atoms with Gasteiger partial charge in [-0.25, -0.2) is 0 Å². The van der Waals surface area contributed by atoms with Gasteiger partial charge < -0.3 is 5.32 Å². The van der Waals surface area contributed by atoms with Gasteiger partial charge in [0.25, 0.3) is 0 Å². The number of rotatable bonds is 7. The van der Waals surface area contributed by atoms with Crippen molar-refractivity contribution in [3.8, 4) is 0 Å². The molecule has 0 aliphatic carbocycles. The standard InChI is InChI=1S/C18H21Br2N/c1-2-11-21-13-15(17-5-3-4-6-18(17)20)12-14-7-9-16(19)10-8-14/h3-10,15,21H,2,11-13H2,1H3. The van der Waals surface area contributed by atoms with Crippen molar-refractivity contribution >= 4 is 31.9 Å². The summed E-state index contributed by atoms with van der Waals surface area (Å²) in [6.45, 7) is 4.28. The van der Waals surface area contributed by atoms with Crippen molar-refractivity contribution in [1.29, 1.82) is 0 Å². The lowest BCUT2D eigenvalue weighted by atomic mass is 9.92. The number of nitrogens with one attached hydrogen (secondary N) is 1. The Kier molecular flexibility index (Phi) is 6.94. The Morgan fingerprint density at radius 3 is 2.38 bits per heavy atom. The van der Waals surface area contributed by atoms with Crippen molar-refractivity contribution in [1.82, 2.24) is 5.32 Å². The number of hydrogen-bond acceptors (Lipinski definition) is 1. The van der Waals surface area contributed by atoms with Crippen LogP contribution in [0, 0.1) is 0 Å². The minimum atomic E-state index is 0.480. The smallest absolute Gasteiger partial charge is 0.0210 e. The third kappa shape index (κ3) is 5.24. The molecular weight excluding hydrogens is 390 g/mol. The van der Waals surface area contributed by atoms with Crippen molar-refractivity contribution in [2.45, 2.75) is 25.7 Å². The number of hydrogen-bond donors (Lipinski definition) is 1. The van der Waals surface area contributed by atoms with Crippen LogP contribution in [0.4, 0.5) is 0 Å². The summed E-state index contributed by atoms with van der Waals surface area (Å²) >= 11 is 7.20. The Bertz CT molecular complexity index is 551. The first-order valence-electron chi connectivity index (χ1n) is 7.40. The fourth-order valence-electron chi connectivity index (χ4n) is 2.46. The summed E-state index contributed by atoms with van der Waals surface area (Å²) in [6.07, 6.45) is 2.22. The minimum Gasteiger partial charge on any atom is -0.316 e. The van der Waals surface area contributed by atoms with E-state index in [1.807, 2.05) is 0 Å². The maximum absolute atomic E-state index is 3.70. The van der Waals surface area contributed by atoms with Crippen molar-refractivity contribution in [2.24, 2.45) is 0 Å². The minimum absolute atomic E-state index is 0.480. The maximum atomic E-state index is 3.70. The molecule has 0 radical (unpaired) electrons. The number of benzene rings is 2. The second-order valence-electron chi connectivity index (χ2n) is 5.25. The van der Waals surface area contributed by atoms with E-state index in [1.165, 1.54) is 22.0 Å². The molecule has 1 nitrogen and oxygen atoms in total. The highest BCUT2D eigenvalue weighted by Crippen LogP contribution is 2.28. The zero-order chi connectivity index (χ0) is 15.1. The third-order valence-electron chi connectivity index (χ3n) is 3.56. The molecule has 0 bridgehead atoms. The lowest BCUT2D eigenvalue weighted by Gasteiger charge is -2.20. The summed E-state index contributed by atoms with van der Waals surface area (Å²) in [7, 11) is 0. The molecule has 2 aromatic rings. The molecule has 21 heavy (non-hydrogen) atoms. The van der Waals surface area contributed by atoms with Crippen LogP contribution < -0.4 is 5.32 Å². The maximum Gasteiger partial charge on any atom is 0.0210 e. The number of halogens is 2. The van der Waals surface area contributed by atoms with Gasteiger partial charge in [0.05, 0.1) is 0 Å².